The van der Waals surface area contributed by atoms with Crippen molar-refractivity contribution < 1.29 is 17.9 Å². The van der Waals surface area contributed by atoms with Crippen molar-refractivity contribution in [3.63, 3.8) is 0 Å². The Kier molecular flexibility index (Phi) is 8.00. The summed E-state index contributed by atoms with van der Waals surface area (Å²) in [7, 11) is -3.62. The zero-order valence-corrected chi connectivity index (χ0v) is 18.7. The van der Waals surface area contributed by atoms with Gasteiger partial charge in [0.05, 0.1) is 17.1 Å². The van der Waals surface area contributed by atoms with E-state index in [2.05, 4.69) is 20.3 Å². The van der Waals surface area contributed by atoms with Gasteiger partial charge in [0.25, 0.3) is 0 Å². The van der Waals surface area contributed by atoms with Crippen molar-refractivity contribution in [2.45, 2.75) is 69.2 Å². The van der Waals surface area contributed by atoms with Crippen LogP contribution in [-0.4, -0.2) is 37.7 Å². The zero-order valence-electron chi connectivity index (χ0n) is 17.9. The standard InChI is InChI=1S/C22H30N4O4S/c1-16(2)30-20-9-5-19(6-10-20)26-31(28,29)21-11-7-18(8-12-21)25-22(27)24-15-17-4-3-13-23-14-17/h3-4,7-8,11-14,16,19-20,26H,5-6,9-10,15H2,1-2H3,(H2,24,25,27). The van der Waals surface area contributed by atoms with Crippen LogP contribution >= 0.6 is 0 Å². The molecule has 31 heavy (non-hydrogen) atoms. The molecule has 1 saturated carbocycles. The Morgan fingerprint density at radius 1 is 1.13 bits per heavy atom. The molecule has 0 atom stereocenters. The largest absolute Gasteiger partial charge is 0.376 e. The molecule has 2 amide bonds. The van der Waals surface area contributed by atoms with Crippen LogP contribution in [0.4, 0.5) is 10.5 Å². The maximum absolute atomic E-state index is 12.7. The molecule has 8 nitrogen and oxygen atoms in total. The summed E-state index contributed by atoms with van der Waals surface area (Å²) in [5.74, 6) is 0. The third-order valence-corrected chi connectivity index (χ3v) is 6.60. The van der Waals surface area contributed by atoms with Crippen molar-refractivity contribution in [2.24, 2.45) is 0 Å². The fraction of sp³-hybridized carbons (Fsp3) is 0.455. The van der Waals surface area contributed by atoms with Crippen molar-refractivity contribution in [3.8, 4) is 0 Å². The van der Waals surface area contributed by atoms with E-state index in [-0.39, 0.29) is 29.2 Å². The highest BCUT2D eigenvalue weighted by atomic mass is 32.2. The first-order valence-corrected chi connectivity index (χ1v) is 12.0. The molecular formula is C22H30N4O4S. The smallest absolute Gasteiger partial charge is 0.319 e. The van der Waals surface area contributed by atoms with Crippen molar-refractivity contribution >= 4 is 21.7 Å². The number of urea groups is 1. The Morgan fingerprint density at radius 2 is 1.84 bits per heavy atom. The first-order valence-electron chi connectivity index (χ1n) is 10.5. The van der Waals surface area contributed by atoms with Crippen LogP contribution in [-0.2, 0) is 21.3 Å². The number of sulfonamides is 1. The normalized spacial score (nSPS) is 19.2. The van der Waals surface area contributed by atoms with Crippen LogP contribution in [0.25, 0.3) is 0 Å². The van der Waals surface area contributed by atoms with E-state index in [0.29, 0.717) is 12.2 Å². The molecule has 0 saturated heterocycles. The molecule has 1 aromatic heterocycles. The number of hydrogen-bond acceptors (Lipinski definition) is 5. The highest BCUT2D eigenvalue weighted by molar-refractivity contribution is 7.89. The molecule has 0 spiro atoms. The van der Waals surface area contributed by atoms with Crippen LogP contribution in [0.2, 0.25) is 0 Å². The zero-order chi connectivity index (χ0) is 22.3. The minimum Gasteiger partial charge on any atom is -0.376 e. The number of rotatable bonds is 8. The summed E-state index contributed by atoms with van der Waals surface area (Å²) in [5.41, 5.74) is 1.39. The van der Waals surface area contributed by atoms with Gasteiger partial charge in [0.2, 0.25) is 10.0 Å². The van der Waals surface area contributed by atoms with Crippen LogP contribution in [0.15, 0.2) is 53.7 Å². The van der Waals surface area contributed by atoms with Crippen LogP contribution in [0.1, 0.15) is 45.1 Å². The van der Waals surface area contributed by atoms with Gasteiger partial charge in [-0.1, -0.05) is 6.07 Å². The van der Waals surface area contributed by atoms with Crippen molar-refractivity contribution in [2.75, 3.05) is 5.32 Å². The van der Waals surface area contributed by atoms with Crippen molar-refractivity contribution in [3.05, 3.63) is 54.4 Å². The van der Waals surface area contributed by atoms with Crippen molar-refractivity contribution in [1.29, 1.82) is 0 Å². The van der Waals surface area contributed by atoms with E-state index in [1.165, 1.54) is 12.1 Å². The number of ether oxygens (including phenoxy) is 1. The highest BCUT2D eigenvalue weighted by Crippen LogP contribution is 2.24. The second-order valence-electron chi connectivity index (χ2n) is 7.97. The van der Waals surface area contributed by atoms with E-state index in [4.69, 9.17) is 4.74 Å². The molecule has 0 radical (unpaired) electrons. The summed E-state index contributed by atoms with van der Waals surface area (Å²) in [5, 5.41) is 5.42. The molecule has 1 fully saturated rings. The molecule has 168 valence electrons. The van der Waals surface area contributed by atoms with Gasteiger partial charge in [-0.3, -0.25) is 4.98 Å². The summed E-state index contributed by atoms with van der Waals surface area (Å²) >= 11 is 0. The van der Waals surface area contributed by atoms with Gasteiger partial charge in [-0.05, 0) is 75.4 Å². The Balaban J connectivity index is 1.49. The molecule has 0 aliphatic heterocycles. The number of pyridine rings is 1. The second-order valence-corrected chi connectivity index (χ2v) is 9.69. The molecule has 0 unspecified atom stereocenters. The number of amides is 2. The molecule has 3 rings (SSSR count). The maximum atomic E-state index is 12.7. The summed E-state index contributed by atoms with van der Waals surface area (Å²) in [6.45, 7) is 4.37. The molecule has 1 heterocycles. The molecule has 9 heteroatoms. The average Bonchev–Trinajstić information content (AvgIpc) is 2.74. The van der Waals surface area contributed by atoms with Crippen molar-refractivity contribution in [1.82, 2.24) is 15.0 Å². The topological polar surface area (TPSA) is 109 Å². The Labute approximate surface area is 183 Å². The van der Waals surface area contributed by atoms with Gasteiger partial charge in [0.1, 0.15) is 0 Å². The van der Waals surface area contributed by atoms with Crippen LogP contribution < -0.4 is 15.4 Å². The number of carbonyl (C=O) groups is 1. The number of benzene rings is 1. The van der Waals surface area contributed by atoms with Gasteiger partial charge in [-0.25, -0.2) is 17.9 Å². The predicted molar refractivity (Wildman–Crippen MR) is 119 cm³/mol. The highest BCUT2D eigenvalue weighted by Gasteiger charge is 2.26. The fourth-order valence-corrected chi connectivity index (χ4v) is 4.87. The second kappa shape index (κ2) is 10.7. The molecular weight excluding hydrogens is 416 g/mol. The quantitative estimate of drug-likeness (QED) is 0.576. The van der Waals surface area contributed by atoms with Crippen LogP contribution in [0, 0.1) is 0 Å². The van der Waals surface area contributed by atoms with E-state index >= 15 is 0 Å². The lowest BCUT2D eigenvalue weighted by Gasteiger charge is -2.30. The summed E-state index contributed by atoms with van der Waals surface area (Å²) < 4.78 is 34.0. The number of anilines is 1. The van der Waals surface area contributed by atoms with Gasteiger partial charge in [-0.2, -0.15) is 0 Å². The first kappa shape index (κ1) is 23.2. The Hall–Kier alpha value is -2.49. The Bertz CT molecular complexity index is 941. The lowest BCUT2D eigenvalue weighted by atomic mass is 9.93. The van der Waals surface area contributed by atoms with Gasteiger partial charge in [0.15, 0.2) is 0 Å². The minimum atomic E-state index is -3.62. The molecule has 2 aromatic rings. The minimum absolute atomic E-state index is 0.0898. The molecule has 1 aliphatic carbocycles. The SMILES string of the molecule is CC(C)OC1CCC(NS(=O)(=O)c2ccc(NC(=O)NCc3cccnc3)cc2)CC1. The van der Waals surface area contributed by atoms with Gasteiger partial charge >= 0.3 is 6.03 Å². The third-order valence-electron chi connectivity index (χ3n) is 5.06. The molecule has 1 aromatic carbocycles. The monoisotopic (exact) mass is 446 g/mol. The lowest BCUT2D eigenvalue weighted by molar-refractivity contribution is -0.0150. The van der Waals surface area contributed by atoms with E-state index in [9.17, 15) is 13.2 Å². The third kappa shape index (κ3) is 7.30. The number of aromatic nitrogens is 1. The first-order chi connectivity index (χ1) is 14.8. The van der Waals surface area contributed by atoms with Gasteiger partial charge in [0, 0.05) is 30.7 Å². The number of carbonyl (C=O) groups excluding carboxylic acids is 1. The van der Waals surface area contributed by atoms with E-state index in [1.807, 2.05) is 19.9 Å². The van der Waals surface area contributed by atoms with Gasteiger partial charge < -0.3 is 15.4 Å². The summed E-state index contributed by atoms with van der Waals surface area (Å²) in [4.78, 5) is 16.2. The van der Waals surface area contributed by atoms with Crippen LogP contribution in [0.3, 0.4) is 0 Å². The summed E-state index contributed by atoms with van der Waals surface area (Å²) in [6.07, 6.45) is 6.95. The average molecular weight is 447 g/mol. The predicted octanol–water partition coefficient (Wildman–Crippen LogP) is 3.42. The van der Waals surface area contributed by atoms with E-state index in [1.54, 1.807) is 30.6 Å². The lowest BCUT2D eigenvalue weighted by Crippen LogP contribution is -2.39. The maximum Gasteiger partial charge on any atom is 0.319 e. The Morgan fingerprint density at radius 3 is 2.45 bits per heavy atom. The van der Waals surface area contributed by atoms with Gasteiger partial charge in [-0.15, -0.1) is 0 Å². The number of nitrogens with zero attached hydrogens (tertiary/aromatic N) is 1. The molecule has 3 N–H and O–H groups in total. The molecule has 1 aliphatic rings. The van der Waals surface area contributed by atoms with E-state index in [0.717, 1.165) is 31.2 Å². The van der Waals surface area contributed by atoms with Crippen LogP contribution in [0.5, 0.6) is 0 Å². The summed E-state index contributed by atoms with van der Waals surface area (Å²) in [6, 6.07) is 9.33. The molecule has 0 bridgehead atoms. The fourth-order valence-electron chi connectivity index (χ4n) is 3.57. The number of nitrogens with one attached hydrogen (secondary N) is 3. The number of hydrogen-bond donors (Lipinski definition) is 3. The van der Waals surface area contributed by atoms with E-state index < -0.39 is 10.0 Å².